The Bertz CT molecular complexity index is 327. The van der Waals surface area contributed by atoms with Crippen molar-refractivity contribution in [1.82, 2.24) is 15.1 Å². The Morgan fingerprint density at radius 2 is 2.53 bits per heavy atom. The Morgan fingerprint density at radius 1 is 1.80 bits per heavy atom. The molecular formula is C9H14IN3O2. The smallest absolute Gasteiger partial charge is 0.324 e. The first-order valence-corrected chi connectivity index (χ1v) is 5.74. The maximum atomic E-state index is 11.4. The molecule has 0 bridgehead atoms. The molecule has 0 radical (unpaired) electrons. The summed E-state index contributed by atoms with van der Waals surface area (Å²) >= 11 is 2.18. The predicted octanol–water partition coefficient (Wildman–Crippen LogP) is 0.639. The van der Waals surface area contributed by atoms with Gasteiger partial charge in [0, 0.05) is 6.20 Å². The van der Waals surface area contributed by atoms with Crippen LogP contribution in [0.1, 0.15) is 6.92 Å². The van der Waals surface area contributed by atoms with Crippen LogP contribution in [-0.4, -0.2) is 35.4 Å². The number of nitrogens with zero attached hydrogens (tertiary/aromatic N) is 2. The molecule has 0 saturated heterocycles. The van der Waals surface area contributed by atoms with Crippen LogP contribution in [0.5, 0.6) is 0 Å². The second kappa shape index (κ2) is 6.06. The Labute approximate surface area is 102 Å². The molecule has 84 valence electrons. The first-order valence-electron chi connectivity index (χ1n) is 4.66. The van der Waals surface area contributed by atoms with Gasteiger partial charge in [-0.15, -0.1) is 0 Å². The normalized spacial score (nSPS) is 12.5. The largest absolute Gasteiger partial charge is 0.468 e. The summed E-state index contributed by atoms with van der Waals surface area (Å²) in [4.78, 5) is 11.4. The lowest BCUT2D eigenvalue weighted by Crippen LogP contribution is -2.41. The summed E-state index contributed by atoms with van der Waals surface area (Å²) in [5, 5.41) is 7.17. The van der Waals surface area contributed by atoms with Crippen molar-refractivity contribution < 1.29 is 9.53 Å². The van der Waals surface area contributed by atoms with Gasteiger partial charge in [-0.2, -0.15) is 5.10 Å². The fourth-order valence-electron chi connectivity index (χ4n) is 1.24. The van der Waals surface area contributed by atoms with Crippen molar-refractivity contribution in [3.63, 3.8) is 0 Å². The molecule has 1 aromatic rings. The summed E-state index contributed by atoms with van der Waals surface area (Å²) in [5.41, 5.74) is 0. The molecular weight excluding hydrogens is 309 g/mol. The number of hydrogen-bond acceptors (Lipinski definition) is 4. The quantitative estimate of drug-likeness (QED) is 0.638. The Morgan fingerprint density at radius 3 is 3.00 bits per heavy atom. The van der Waals surface area contributed by atoms with Gasteiger partial charge >= 0.3 is 5.97 Å². The van der Waals surface area contributed by atoms with Crippen LogP contribution in [0.3, 0.4) is 0 Å². The van der Waals surface area contributed by atoms with Gasteiger partial charge in [-0.05, 0) is 29.1 Å². The second-order valence-electron chi connectivity index (χ2n) is 3.01. The van der Waals surface area contributed by atoms with Crippen molar-refractivity contribution in [2.75, 3.05) is 13.7 Å². The zero-order valence-corrected chi connectivity index (χ0v) is 10.9. The number of carbonyl (C=O) groups is 1. The minimum absolute atomic E-state index is 0.262. The minimum Gasteiger partial charge on any atom is -0.468 e. The van der Waals surface area contributed by atoms with Gasteiger partial charge in [0.2, 0.25) is 0 Å². The number of aromatic nitrogens is 2. The van der Waals surface area contributed by atoms with E-state index in [0.717, 1.165) is 10.1 Å². The molecule has 1 rings (SSSR count). The van der Waals surface area contributed by atoms with Crippen molar-refractivity contribution in [1.29, 1.82) is 0 Å². The molecule has 0 fully saturated rings. The number of methoxy groups -OCH3 is 1. The lowest BCUT2D eigenvalue weighted by Gasteiger charge is -2.14. The maximum absolute atomic E-state index is 11.4. The topological polar surface area (TPSA) is 56.2 Å². The standard InChI is InChI=1S/C9H14IN3O2/c1-3-11-8(9(14)15-2)6-13-5-7(10)4-12-13/h4-5,8,11H,3,6H2,1-2H3. The first kappa shape index (κ1) is 12.4. The molecule has 5 nitrogen and oxygen atoms in total. The molecule has 0 aliphatic heterocycles. The monoisotopic (exact) mass is 323 g/mol. The first-order chi connectivity index (χ1) is 7.17. The molecule has 1 aromatic heterocycles. The highest BCUT2D eigenvalue weighted by Gasteiger charge is 2.18. The molecule has 1 N–H and O–H groups in total. The van der Waals surface area contributed by atoms with Gasteiger partial charge in [0.1, 0.15) is 6.04 Å². The minimum atomic E-state index is -0.337. The fourth-order valence-corrected chi connectivity index (χ4v) is 1.68. The molecule has 0 saturated carbocycles. The summed E-state index contributed by atoms with van der Waals surface area (Å²) < 4.78 is 7.48. The third-order valence-electron chi connectivity index (χ3n) is 1.91. The average Bonchev–Trinajstić information content (AvgIpc) is 2.62. The molecule has 0 aliphatic carbocycles. The summed E-state index contributed by atoms with van der Waals surface area (Å²) in [6.45, 7) is 3.16. The summed E-state index contributed by atoms with van der Waals surface area (Å²) in [5.74, 6) is -0.262. The fraction of sp³-hybridized carbons (Fsp3) is 0.556. The number of halogens is 1. The van der Waals surface area contributed by atoms with Gasteiger partial charge in [-0.3, -0.25) is 9.48 Å². The molecule has 0 amide bonds. The van der Waals surface area contributed by atoms with Gasteiger partial charge < -0.3 is 10.1 Å². The molecule has 1 unspecified atom stereocenters. The number of nitrogens with one attached hydrogen (secondary N) is 1. The Hall–Kier alpha value is -0.630. The number of esters is 1. The molecule has 0 spiro atoms. The highest BCUT2D eigenvalue weighted by atomic mass is 127. The maximum Gasteiger partial charge on any atom is 0.324 e. The van der Waals surface area contributed by atoms with E-state index in [0.29, 0.717) is 6.54 Å². The van der Waals surface area contributed by atoms with E-state index in [1.807, 2.05) is 13.1 Å². The third kappa shape index (κ3) is 3.78. The SMILES string of the molecule is CCNC(Cn1cc(I)cn1)C(=O)OC. The summed E-state index contributed by atoms with van der Waals surface area (Å²) in [6.07, 6.45) is 3.63. The number of rotatable bonds is 5. The predicted molar refractivity (Wildman–Crippen MR) is 64.4 cm³/mol. The van der Waals surface area contributed by atoms with Crippen LogP contribution in [0.4, 0.5) is 0 Å². The molecule has 0 aromatic carbocycles. The average molecular weight is 323 g/mol. The van der Waals surface area contributed by atoms with Crippen LogP contribution in [0, 0.1) is 3.57 Å². The molecule has 1 heterocycles. The third-order valence-corrected chi connectivity index (χ3v) is 2.46. The van der Waals surface area contributed by atoms with E-state index >= 15 is 0 Å². The lowest BCUT2D eigenvalue weighted by molar-refractivity contribution is -0.143. The zero-order chi connectivity index (χ0) is 11.3. The zero-order valence-electron chi connectivity index (χ0n) is 8.74. The van der Waals surface area contributed by atoms with Crippen molar-refractivity contribution in [3.8, 4) is 0 Å². The van der Waals surface area contributed by atoms with E-state index in [2.05, 4.69) is 33.0 Å². The van der Waals surface area contributed by atoms with E-state index in [4.69, 9.17) is 4.74 Å². The summed E-state index contributed by atoms with van der Waals surface area (Å²) in [7, 11) is 1.39. The lowest BCUT2D eigenvalue weighted by atomic mass is 10.3. The summed E-state index contributed by atoms with van der Waals surface area (Å²) in [6, 6.07) is -0.337. The number of carbonyl (C=O) groups excluding carboxylic acids is 1. The number of hydrogen-bond donors (Lipinski definition) is 1. The van der Waals surface area contributed by atoms with Crippen LogP contribution < -0.4 is 5.32 Å². The van der Waals surface area contributed by atoms with Crippen LogP contribution >= 0.6 is 22.6 Å². The van der Waals surface area contributed by atoms with Gasteiger partial charge in [-0.1, -0.05) is 6.92 Å². The van der Waals surface area contributed by atoms with Crippen LogP contribution in [0.15, 0.2) is 12.4 Å². The highest BCUT2D eigenvalue weighted by Crippen LogP contribution is 2.02. The van der Waals surface area contributed by atoms with Crippen LogP contribution in [0.25, 0.3) is 0 Å². The van der Waals surface area contributed by atoms with Gasteiger partial charge in [-0.25, -0.2) is 0 Å². The van der Waals surface area contributed by atoms with E-state index < -0.39 is 0 Å². The van der Waals surface area contributed by atoms with E-state index in [1.165, 1.54) is 7.11 Å². The highest BCUT2D eigenvalue weighted by molar-refractivity contribution is 14.1. The van der Waals surface area contributed by atoms with Gasteiger partial charge in [0.15, 0.2) is 0 Å². The Balaban J connectivity index is 2.62. The molecule has 0 aliphatic rings. The van der Waals surface area contributed by atoms with E-state index in [1.54, 1.807) is 10.9 Å². The number of ether oxygens (including phenoxy) is 1. The molecule has 15 heavy (non-hydrogen) atoms. The van der Waals surface area contributed by atoms with Gasteiger partial charge in [0.25, 0.3) is 0 Å². The van der Waals surface area contributed by atoms with Crippen molar-refractivity contribution >= 4 is 28.6 Å². The molecule has 1 atom stereocenters. The van der Waals surface area contributed by atoms with Crippen LogP contribution in [-0.2, 0) is 16.1 Å². The van der Waals surface area contributed by atoms with Gasteiger partial charge in [0.05, 0.1) is 23.4 Å². The van der Waals surface area contributed by atoms with Crippen molar-refractivity contribution in [2.24, 2.45) is 0 Å². The second-order valence-corrected chi connectivity index (χ2v) is 4.26. The van der Waals surface area contributed by atoms with E-state index in [9.17, 15) is 4.79 Å². The van der Waals surface area contributed by atoms with Crippen molar-refractivity contribution in [3.05, 3.63) is 16.0 Å². The molecule has 6 heteroatoms. The Kier molecular flexibility index (Phi) is 5.03. The number of likely N-dealkylation sites (N-methyl/N-ethyl adjacent to an activating group) is 1. The van der Waals surface area contributed by atoms with E-state index in [-0.39, 0.29) is 12.0 Å². The van der Waals surface area contributed by atoms with Crippen LogP contribution in [0.2, 0.25) is 0 Å². The van der Waals surface area contributed by atoms with Crippen molar-refractivity contribution in [2.45, 2.75) is 19.5 Å².